The molecule has 1 saturated heterocycles. The summed E-state index contributed by atoms with van der Waals surface area (Å²) in [6, 6.07) is 3.41. The number of carbonyl (C=O) groups is 2. The summed E-state index contributed by atoms with van der Waals surface area (Å²) in [6.07, 6.45) is -2.41. The molecule has 1 aliphatic heterocycles. The van der Waals surface area contributed by atoms with Crippen molar-refractivity contribution in [1.29, 1.82) is 0 Å². The van der Waals surface area contributed by atoms with Crippen molar-refractivity contribution in [3.8, 4) is 0 Å². The molecule has 2 rings (SSSR count). The largest absolute Gasteiger partial charge is 0.481 e. The highest BCUT2D eigenvalue weighted by molar-refractivity contribution is 6.34. The smallest absolute Gasteiger partial charge is 0.321 e. The molecule has 1 heterocycles. The van der Waals surface area contributed by atoms with E-state index in [1.54, 1.807) is 6.92 Å². The third kappa shape index (κ3) is 3.14. The fourth-order valence-corrected chi connectivity index (χ4v) is 2.57. The van der Waals surface area contributed by atoms with Crippen molar-refractivity contribution in [3.05, 3.63) is 28.8 Å². The number of hydrogen-bond acceptors (Lipinski definition) is 2. The zero-order valence-corrected chi connectivity index (χ0v) is 12.5. The molecule has 1 aromatic carbocycles. The summed E-state index contributed by atoms with van der Waals surface area (Å²) < 4.78 is 25.5. The average molecular weight is 333 g/mol. The van der Waals surface area contributed by atoms with Gasteiger partial charge in [0.15, 0.2) is 0 Å². The van der Waals surface area contributed by atoms with E-state index in [9.17, 15) is 18.4 Å². The van der Waals surface area contributed by atoms with Gasteiger partial charge in [0.25, 0.3) is 6.43 Å². The number of urea groups is 1. The second-order valence-corrected chi connectivity index (χ2v) is 5.85. The van der Waals surface area contributed by atoms with Crippen molar-refractivity contribution >= 4 is 29.3 Å². The number of benzene rings is 1. The first-order valence-electron chi connectivity index (χ1n) is 6.60. The average Bonchev–Trinajstić information content (AvgIpc) is 2.85. The Hall–Kier alpha value is -1.89. The third-order valence-electron chi connectivity index (χ3n) is 3.78. The highest BCUT2D eigenvalue weighted by atomic mass is 35.5. The predicted octanol–water partition coefficient (Wildman–Crippen LogP) is 3.61. The first kappa shape index (κ1) is 16.5. The van der Waals surface area contributed by atoms with E-state index in [4.69, 9.17) is 16.7 Å². The van der Waals surface area contributed by atoms with Gasteiger partial charge in [0.1, 0.15) is 0 Å². The molecule has 1 fully saturated rings. The van der Waals surface area contributed by atoms with Gasteiger partial charge >= 0.3 is 12.0 Å². The van der Waals surface area contributed by atoms with Gasteiger partial charge in [0, 0.05) is 18.7 Å². The number of rotatable bonds is 3. The lowest BCUT2D eigenvalue weighted by Gasteiger charge is -2.21. The number of carboxylic acids is 1. The molecule has 1 unspecified atom stereocenters. The van der Waals surface area contributed by atoms with Crippen LogP contribution in [0, 0.1) is 5.41 Å². The Kier molecular flexibility index (Phi) is 4.55. The normalized spacial score (nSPS) is 21.2. The first-order chi connectivity index (χ1) is 10.2. The van der Waals surface area contributed by atoms with E-state index in [1.807, 2.05) is 0 Å². The molecule has 0 aromatic heterocycles. The fourth-order valence-electron chi connectivity index (χ4n) is 2.32. The number of nitrogens with one attached hydrogen (secondary N) is 1. The highest BCUT2D eigenvalue weighted by Crippen LogP contribution is 2.34. The number of hydrogen-bond donors (Lipinski definition) is 2. The maximum absolute atomic E-state index is 12.8. The lowest BCUT2D eigenvalue weighted by atomic mass is 9.90. The SMILES string of the molecule is CC1(C(=O)O)CCN(C(=O)Nc2cccc(C(F)F)c2Cl)C1. The van der Waals surface area contributed by atoms with Crippen molar-refractivity contribution in [3.63, 3.8) is 0 Å². The summed E-state index contributed by atoms with van der Waals surface area (Å²) in [5, 5.41) is 11.4. The van der Waals surface area contributed by atoms with Crippen LogP contribution in [-0.4, -0.2) is 35.1 Å². The van der Waals surface area contributed by atoms with E-state index in [0.717, 1.165) is 0 Å². The molecule has 8 heteroatoms. The summed E-state index contributed by atoms with van der Waals surface area (Å²) >= 11 is 5.85. The van der Waals surface area contributed by atoms with Gasteiger partial charge in [-0.2, -0.15) is 0 Å². The van der Waals surface area contributed by atoms with Crippen molar-refractivity contribution in [2.45, 2.75) is 19.8 Å². The molecule has 0 saturated carbocycles. The first-order valence-corrected chi connectivity index (χ1v) is 6.98. The molecule has 22 heavy (non-hydrogen) atoms. The van der Waals surface area contributed by atoms with Crippen molar-refractivity contribution in [2.24, 2.45) is 5.41 Å². The Morgan fingerprint density at radius 2 is 2.14 bits per heavy atom. The summed E-state index contributed by atoms with van der Waals surface area (Å²) in [5.41, 5.74) is -1.28. The number of aliphatic carboxylic acids is 1. The fraction of sp³-hybridized carbons (Fsp3) is 0.429. The van der Waals surface area contributed by atoms with E-state index in [1.165, 1.54) is 23.1 Å². The molecule has 1 aromatic rings. The molecular formula is C14H15ClF2N2O3. The number of amides is 2. The predicted molar refractivity (Wildman–Crippen MR) is 77.4 cm³/mol. The van der Waals surface area contributed by atoms with Gasteiger partial charge < -0.3 is 15.3 Å². The van der Waals surface area contributed by atoms with Gasteiger partial charge in [-0.3, -0.25) is 4.79 Å². The minimum Gasteiger partial charge on any atom is -0.481 e. The van der Waals surface area contributed by atoms with Crippen LogP contribution in [0.2, 0.25) is 5.02 Å². The maximum atomic E-state index is 12.8. The molecule has 5 nitrogen and oxygen atoms in total. The number of likely N-dealkylation sites (tertiary alicyclic amines) is 1. The number of carbonyl (C=O) groups excluding carboxylic acids is 1. The van der Waals surface area contributed by atoms with Crippen molar-refractivity contribution in [2.75, 3.05) is 18.4 Å². The number of nitrogens with zero attached hydrogens (tertiary/aromatic N) is 1. The second-order valence-electron chi connectivity index (χ2n) is 5.48. The van der Waals surface area contributed by atoms with E-state index < -0.39 is 23.8 Å². The van der Waals surface area contributed by atoms with E-state index in [2.05, 4.69) is 5.32 Å². The van der Waals surface area contributed by atoms with Crippen molar-refractivity contribution in [1.82, 2.24) is 4.90 Å². The Morgan fingerprint density at radius 3 is 2.68 bits per heavy atom. The van der Waals surface area contributed by atoms with Gasteiger partial charge in [0.2, 0.25) is 0 Å². The minimum atomic E-state index is -2.74. The molecule has 120 valence electrons. The molecule has 0 aliphatic carbocycles. The Balaban J connectivity index is 2.11. The van der Waals surface area contributed by atoms with E-state index in [0.29, 0.717) is 6.42 Å². The molecule has 0 radical (unpaired) electrons. The molecule has 0 spiro atoms. The summed E-state index contributed by atoms with van der Waals surface area (Å²) in [5.74, 6) is -0.972. The van der Waals surface area contributed by atoms with Crippen LogP contribution in [0.15, 0.2) is 18.2 Å². The number of halogens is 3. The van der Waals surface area contributed by atoms with Crippen LogP contribution in [0.25, 0.3) is 0 Å². The third-order valence-corrected chi connectivity index (χ3v) is 4.20. The molecule has 2 amide bonds. The van der Waals surface area contributed by atoms with Gasteiger partial charge in [0.05, 0.1) is 16.1 Å². The molecule has 2 N–H and O–H groups in total. The van der Waals surface area contributed by atoms with Gasteiger partial charge in [-0.1, -0.05) is 23.7 Å². The Bertz CT molecular complexity index is 612. The van der Waals surface area contributed by atoms with Crippen LogP contribution in [-0.2, 0) is 4.79 Å². The van der Waals surface area contributed by atoms with Crippen LogP contribution in [0.1, 0.15) is 25.3 Å². The molecule has 1 aliphatic rings. The van der Waals surface area contributed by atoms with Crippen LogP contribution >= 0.6 is 11.6 Å². The summed E-state index contributed by atoms with van der Waals surface area (Å²) in [6.45, 7) is 1.90. The van der Waals surface area contributed by atoms with Gasteiger partial charge in [-0.05, 0) is 19.4 Å². The summed E-state index contributed by atoms with van der Waals surface area (Å²) in [7, 11) is 0. The van der Waals surface area contributed by atoms with E-state index >= 15 is 0 Å². The number of alkyl halides is 2. The van der Waals surface area contributed by atoms with Crippen LogP contribution in [0.5, 0.6) is 0 Å². The van der Waals surface area contributed by atoms with E-state index in [-0.39, 0.29) is 29.4 Å². The molecule has 1 atom stereocenters. The van der Waals surface area contributed by atoms with Gasteiger partial charge in [-0.25, -0.2) is 13.6 Å². The second kappa shape index (κ2) is 6.08. The van der Waals surface area contributed by atoms with Crippen LogP contribution in [0.4, 0.5) is 19.3 Å². The highest BCUT2D eigenvalue weighted by Gasteiger charge is 2.42. The zero-order chi connectivity index (χ0) is 16.5. The number of carboxylic acid groups (broad SMARTS) is 1. The Labute approximate surface area is 130 Å². The Morgan fingerprint density at radius 1 is 1.45 bits per heavy atom. The van der Waals surface area contributed by atoms with Crippen LogP contribution < -0.4 is 5.32 Å². The van der Waals surface area contributed by atoms with Crippen LogP contribution in [0.3, 0.4) is 0 Å². The molecular weight excluding hydrogens is 318 g/mol. The quantitative estimate of drug-likeness (QED) is 0.888. The van der Waals surface area contributed by atoms with Gasteiger partial charge in [-0.15, -0.1) is 0 Å². The van der Waals surface area contributed by atoms with Crippen molar-refractivity contribution < 1.29 is 23.5 Å². The maximum Gasteiger partial charge on any atom is 0.321 e. The number of anilines is 1. The summed E-state index contributed by atoms with van der Waals surface area (Å²) in [4.78, 5) is 24.6. The molecule has 0 bridgehead atoms. The zero-order valence-electron chi connectivity index (χ0n) is 11.8. The standard InChI is InChI=1S/C14H15ClF2N2O3/c1-14(12(20)21)5-6-19(7-14)13(22)18-9-4-2-3-8(10(9)15)11(16)17/h2-4,11H,5-7H2,1H3,(H,18,22)(H,20,21). The lowest BCUT2D eigenvalue weighted by molar-refractivity contribution is -0.146. The minimum absolute atomic E-state index is 0.0559. The monoisotopic (exact) mass is 332 g/mol. The lowest BCUT2D eigenvalue weighted by Crippen LogP contribution is -2.37. The topological polar surface area (TPSA) is 69.6 Å².